The first-order valence-electron chi connectivity index (χ1n) is 8.82. The Bertz CT molecular complexity index is 249. The van der Waals surface area contributed by atoms with Crippen LogP contribution in [0.2, 0.25) is 0 Å². The van der Waals surface area contributed by atoms with E-state index in [-0.39, 0.29) is 12.6 Å². The maximum Gasteiger partial charge on any atom is 0.311 e. The van der Waals surface area contributed by atoms with Crippen LogP contribution in [0.15, 0.2) is 0 Å². The van der Waals surface area contributed by atoms with E-state index in [1.165, 1.54) is 51.4 Å². The third kappa shape index (κ3) is 11.7. The molecule has 0 aliphatic carbocycles. The van der Waals surface area contributed by atoms with Gasteiger partial charge in [0.2, 0.25) is 0 Å². The van der Waals surface area contributed by atoms with Crippen LogP contribution in [0, 0.1) is 5.41 Å². The highest BCUT2D eigenvalue weighted by atomic mass is 16.5. The van der Waals surface area contributed by atoms with Crippen LogP contribution < -0.4 is 0 Å². The van der Waals surface area contributed by atoms with E-state index in [1.54, 1.807) is 0 Å². The molecule has 0 heterocycles. The van der Waals surface area contributed by atoms with Gasteiger partial charge in [-0.15, -0.1) is 0 Å². The summed E-state index contributed by atoms with van der Waals surface area (Å²) in [6.45, 7) is 6.44. The highest BCUT2D eigenvalue weighted by Crippen LogP contribution is 2.21. The zero-order valence-electron chi connectivity index (χ0n) is 14.5. The second-order valence-electron chi connectivity index (χ2n) is 6.68. The largest absolute Gasteiger partial charge is 0.465 e. The molecule has 0 atom stereocenters. The molecule has 21 heavy (non-hydrogen) atoms. The van der Waals surface area contributed by atoms with Crippen molar-refractivity contribution in [2.75, 3.05) is 13.2 Å². The Morgan fingerprint density at radius 3 is 1.86 bits per heavy atom. The van der Waals surface area contributed by atoms with Gasteiger partial charge in [-0.1, -0.05) is 64.7 Å². The fourth-order valence-corrected chi connectivity index (χ4v) is 2.33. The van der Waals surface area contributed by atoms with Crippen molar-refractivity contribution >= 4 is 5.97 Å². The molecule has 0 aliphatic rings. The number of carbonyl (C=O) groups excluding carboxylic acids is 1. The number of hydrogen-bond donors (Lipinski definition) is 1. The molecular formula is C18H36O3. The first-order valence-corrected chi connectivity index (χ1v) is 8.82. The Kier molecular flexibility index (Phi) is 12.8. The minimum Gasteiger partial charge on any atom is -0.465 e. The van der Waals surface area contributed by atoms with Gasteiger partial charge >= 0.3 is 5.97 Å². The molecule has 3 heteroatoms. The van der Waals surface area contributed by atoms with Crippen molar-refractivity contribution in [3.63, 3.8) is 0 Å². The van der Waals surface area contributed by atoms with Gasteiger partial charge in [-0.05, 0) is 26.7 Å². The Morgan fingerprint density at radius 1 is 0.905 bits per heavy atom. The maximum atomic E-state index is 11.8. The second-order valence-corrected chi connectivity index (χ2v) is 6.68. The average Bonchev–Trinajstić information content (AvgIpc) is 2.44. The lowest BCUT2D eigenvalue weighted by Gasteiger charge is -2.21. The highest BCUT2D eigenvalue weighted by molar-refractivity contribution is 5.75. The molecule has 0 radical (unpaired) electrons. The predicted molar refractivity (Wildman–Crippen MR) is 88.3 cm³/mol. The summed E-state index contributed by atoms with van der Waals surface area (Å²) >= 11 is 0. The molecule has 3 nitrogen and oxygen atoms in total. The van der Waals surface area contributed by atoms with E-state index < -0.39 is 5.41 Å². The molecule has 0 fully saturated rings. The molecule has 0 aromatic heterocycles. The third-order valence-corrected chi connectivity index (χ3v) is 4.02. The number of rotatable bonds is 14. The van der Waals surface area contributed by atoms with Crippen LogP contribution in [-0.4, -0.2) is 24.3 Å². The molecule has 0 amide bonds. The second kappa shape index (κ2) is 13.1. The van der Waals surface area contributed by atoms with Gasteiger partial charge in [-0.2, -0.15) is 0 Å². The minimum absolute atomic E-state index is 0.0281. The van der Waals surface area contributed by atoms with Crippen molar-refractivity contribution in [3.8, 4) is 0 Å². The van der Waals surface area contributed by atoms with Crippen molar-refractivity contribution in [2.45, 2.75) is 91.4 Å². The third-order valence-electron chi connectivity index (χ3n) is 4.02. The van der Waals surface area contributed by atoms with Crippen LogP contribution >= 0.6 is 0 Å². The number of aliphatic hydroxyl groups excluding tert-OH is 1. The average molecular weight is 300 g/mol. The Balaban J connectivity index is 3.34. The molecule has 0 rings (SSSR count). The minimum atomic E-state index is -0.562. The van der Waals surface area contributed by atoms with Gasteiger partial charge in [-0.25, -0.2) is 0 Å². The summed E-state index contributed by atoms with van der Waals surface area (Å²) in [5.74, 6) is -0.188. The van der Waals surface area contributed by atoms with Crippen molar-refractivity contribution in [3.05, 3.63) is 0 Å². The summed E-state index contributed by atoms with van der Waals surface area (Å²) in [4.78, 5) is 11.8. The van der Waals surface area contributed by atoms with Crippen LogP contribution in [0.3, 0.4) is 0 Å². The zero-order valence-corrected chi connectivity index (χ0v) is 14.5. The summed E-state index contributed by atoms with van der Waals surface area (Å²) in [6, 6.07) is 0. The molecule has 0 aromatic carbocycles. The van der Waals surface area contributed by atoms with Gasteiger partial charge in [0.05, 0.1) is 12.0 Å². The maximum absolute atomic E-state index is 11.8. The molecule has 0 unspecified atom stereocenters. The van der Waals surface area contributed by atoms with Crippen LogP contribution in [0.25, 0.3) is 0 Å². The molecule has 126 valence electrons. The summed E-state index contributed by atoms with van der Waals surface area (Å²) in [7, 11) is 0. The molecule has 1 N–H and O–H groups in total. The Morgan fingerprint density at radius 2 is 1.38 bits per heavy atom. The number of esters is 1. The van der Waals surface area contributed by atoms with Gasteiger partial charge in [0, 0.05) is 6.61 Å². The number of hydrogen-bond acceptors (Lipinski definition) is 3. The van der Waals surface area contributed by atoms with E-state index in [4.69, 9.17) is 9.84 Å². The molecule has 0 bridgehead atoms. The fraction of sp³-hybridized carbons (Fsp3) is 0.944. The molecule has 0 aliphatic heterocycles. The first kappa shape index (κ1) is 20.4. The molecule has 0 saturated heterocycles. The van der Waals surface area contributed by atoms with E-state index in [0.29, 0.717) is 13.0 Å². The van der Waals surface area contributed by atoms with E-state index in [1.807, 2.05) is 13.8 Å². The van der Waals surface area contributed by atoms with Gasteiger partial charge in [0.15, 0.2) is 0 Å². The van der Waals surface area contributed by atoms with Gasteiger partial charge in [0.25, 0.3) is 0 Å². The van der Waals surface area contributed by atoms with Crippen LogP contribution in [0.5, 0.6) is 0 Å². The number of unbranched alkanes of at least 4 members (excludes halogenated alkanes) is 9. The van der Waals surface area contributed by atoms with Gasteiger partial charge in [0.1, 0.15) is 0 Å². The summed E-state index contributed by atoms with van der Waals surface area (Å²) in [6.07, 6.45) is 13.3. The molecule has 0 spiro atoms. The lowest BCUT2D eigenvalue weighted by Crippen LogP contribution is -2.28. The van der Waals surface area contributed by atoms with Crippen molar-refractivity contribution in [1.82, 2.24) is 0 Å². The van der Waals surface area contributed by atoms with E-state index in [9.17, 15) is 4.79 Å². The monoisotopic (exact) mass is 300 g/mol. The lowest BCUT2D eigenvalue weighted by molar-refractivity contribution is -0.154. The van der Waals surface area contributed by atoms with Crippen molar-refractivity contribution in [2.24, 2.45) is 5.41 Å². The topological polar surface area (TPSA) is 46.5 Å². The van der Waals surface area contributed by atoms with Crippen LogP contribution in [0.1, 0.15) is 91.4 Å². The highest BCUT2D eigenvalue weighted by Gasteiger charge is 2.28. The quantitative estimate of drug-likeness (QED) is 0.368. The number of ether oxygens (including phenoxy) is 1. The summed E-state index contributed by atoms with van der Waals surface area (Å²) in [5.41, 5.74) is -0.562. The van der Waals surface area contributed by atoms with Crippen molar-refractivity contribution < 1.29 is 14.6 Å². The number of carbonyl (C=O) groups is 1. The van der Waals surface area contributed by atoms with E-state index in [2.05, 4.69) is 6.92 Å². The van der Waals surface area contributed by atoms with Crippen LogP contribution in [-0.2, 0) is 9.53 Å². The predicted octanol–water partition coefficient (Wildman–Crippen LogP) is 4.86. The first-order chi connectivity index (χ1) is 10.0. The zero-order chi connectivity index (χ0) is 16.0. The molecule has 0 aromatic rings. The molecular weight excluding hydrogens is 264 g/mol. The van der Waals surface area contributed by atoms with E-state index in [0.717, 1.165) is 12.8 Å². The van der Waals surface area contributed by atoms with Gasteiger partial charge in [-0.3, -0.25) is 4.79 Å². The summed E-state index contributed by atoms with van der Waals surface area (Å²) in [5, 5.41) is 8.90. The van der Waals surface area contributed by atoms with Gasteiger partial charge < -0.3 is 9.84 Å². The lowest BCUT2D eigenvalue weighted by atomic mass is 9.90. The normalized spacial score (nSPS) is 11.6. The fourth-order valence-electron chi connectivity index (χ4n) is 2.33. The van der Waals surface area contributed by atoms with Crippen molar-refractivity contribution in [1.29, 1.82) is 0 Å². The van der Waals surface area contributed by atoms with E-state index >= 15 is 0 Å². The Hall–Kier alpha value is -0.570. The Labute approximate surface area is 131 Å². The van der Waals surface area contributed by atoms with Crippen LogP contribution in [0.4, 0.5) is 0 Å². The standard InChI is InChI=1S/C18H36O3/c1-4-5-6-7-8-9-10-11-12-13-16-21-17(20)18(2,3)14-15-19/h19H,4-16H2,1-3H3. The SMILES string of the molecule is CCCCCCCCCCCCOC(=O)C(C)(C)CCO. The smallest absolute Gasteiger partial charge is 0.311 e. The molecule has 0 saturated carbocycles. The summed E-state index contributed by atoms with van der Waals surface area (Å²) < 4.78 is 5.28. The number of aliphatic hydroxyl groups is 1.